The van der Waals surface area contributed by atoms with Crippen molar-refractivity contribution in [2.75, 3.05) is 20.1 Å². The van der Waals surface area contributed by atoms with Crippen LogP contribution in [0.25, 0.3) is 11.0 Å². The summed E-state index contributed by atoms with van der Waals surface area (Å²) in [5.41, 5.74) is 2.07. The summed E-state index contributed by atoms with van der Waals surface area (Å²) in [5.74, 6) is 1.38. The molecule has 2 heterocycles. The molecule has 96 valence electrons. The second-order valence-corrected chi connectivity index (χ2v) is 5.57. The normalized spacial score (nSPS) is 20.9. The van der Waals surface area contributed by atoms with Gasteiger partial charge in [0.2, 0.25) is 0 Å². The predicted molar refractivity (Wildman–Crippen MR) is 75.5 cm³/mol. The van der Waals surface area contributed by atoms with Crippen LogP contribution in [-0.4, -0.2) is 34.6 Å². The first kappa shape index (κ1) is 12.3. The average molecular weight is 284 g/mol. The summed E-state index contributed by atoms with van der Waals surface area (Å²) in [6.07, 6.45) is 1.14. The molecule has 18 heavy (non-hydrogen) atoms. The van der Waals surface area contributed by atoms with Crippen LogP contribution in [0.5, 0.6) is 0 Å². The van der Waals surface area contributed by atoms with Crippen LogP contribution in [0.3, 0.4) is 0 Å². The molecular formula is C13H15Cl2N3. The van der Waals surface area contributed by atoms with Crippen LogP contribution in [0, 0.1) is 0 Å². The second-order valence-electron chi connectivity index (χ2n) is 4.87. The zero-order valence-electron chi connectivity index (χ0n) is 10.2. The molecule has 0 saturated carbocycles. The lowest BCUT2D eigenvalue weighted by atomic mass is 10.2. The number of aromatic nitrogens is 2. The lowest BCUT2D eigenvalue weighted by Gasteiger charge is -2.16. The Morgan fingerprint density at radius 3 is 2.94 bits per heavy atom. The Morgan fingerprint density at radius 2 is 2.28 bits per heavy atom. The van der Waals surface area contributed by atoms with Crippen LogP contribution in [-0.2, 0) is 5.88 Å². The zero-order chi connectivity index (χ0) is 12.7. The van der Waals surface area contributed by atoms with E-state index in [4.69, 9.17) is 23.2 Å². The molecule has 1 aliphatic heterocycles. The number of hydrogen-bond donors (Lipinski definition) is 0. The molecule has 1 saturated heterocycles. The van der Waals surface area contributed by atoms with Gasteiger partial charge in [0.25, 0.3) is 0 Å². The number of rotatable bonds is 2. The van der Waals surface area contributed by atoms with E-state index in [2.05, 4.69) is 21.5 Å². The minimum atomic E-state index is 0.437. The van der Waals surface area contributed by atoms with Crippen LogP contribution in [0.1, 0.15) is 18.3 Å². The van der Waals surface area contributed by atoms with E-state index < -0.39 is 0 Å². The Hall–Kier alpha value is -0.770. The second kappa shape index (κ2) is 4.72. The van der Waals surface area contributed by atoms with E-state index in [-0.39, 0.29) is 0 Å². The molecule has 0 spiro atoms. The smallest absolute Gasteiger partial charge is 0.125 e. The Bertz CT molecular complexity index is 579. The Balaban J connectivity index is 2.15. The summed E-state index contributed by atoms with van der Waals surface area (Å²) in [4.78, 5) is 6.93. The molecule has 1 atom stereocenters. The molecule has 3 nitrogen and oxygen atoms in total. The van der Waals surface area contributed by atoms with Crippen LogP contribution < -0.4 is 0 Å². The third-order valence-electron chi connectivity index (χ3n) is 3.58. The monoisotopic (exact) mass is 283 g/mol. The van der Waals surface area contributed by atoms with E-state index in [1.54, 1.807) is 0 Å². The average Bonchev–Trinajstić information content (AvgIpc) is 2.91. The number of likely N-dealkylation sites (tertiary alicyclic amines) is 1. The molecule has 0 radical (unpaired) electrons. The minimum absolute atomic E-state index is 0.437. The van der Waals surface area contributed by atoms with E-state index >= 15 is 0 Å². The fourth-order valence-electron chi connectivity index (χ4n) is 2.74. The lowest BCUT2D eigenvalue weighted by Crippen LogP contribution is -2.17. The molecule has 0 bridgehead atoms. The first-order valence-corrected chi connectivity index (χ1v) is 7.01. The van der Waals surface area contributed by atoms with Crippen molar-refractivity contribution in [1.82, 2.24) is 14.5 Å². The molecular weight excluding hydrogens is 269 g/mol. The highest BCUT2D eigenvalue weighted by atomic mass is 35.5. The van der Waals surface area contributed by atoms with Crippen molar-refractivity contribution in [3.05, 3.63) is 29.0 Å². The maximum absolute atomic E-state index is 6.09. The largest absolute Gasteiger partial charge is 0.322 e. The number of alkyl halides is 1. The van der Waals surface area contributed by atoms with Gasteiger partial charge < -0.3 is 9.47 Å². The number of hydrogen-bond acceptors (Lipinski definition) is 2. The molecule has 2 aromatic rings. The van der Waals surface area contributed by atoms with Crippen molar-refractivity contribution >= 4 is 34.2 Å². The molecule has 1 fully saturated rings. The highest BCUT2D eigenvalue weighted by molar-refractivity contribution is 6.31. The van der Waals surface area contributed by atoms with Crippen LogP contribution >= 0.6 is 23.2 Å². The standard InChI is InChI=1S/C13H15Cl2N3/c1-17-5-4-10(8-17)18-12-6-9(15)2-3-11(12)16-13(18)7-14/h2-3,6,10H,4-5,7-8H2,1H3. The number of fused-ring (bicyclic) bond motifs is 1. The molecule has 1 aromatic heterocycles. The highest BCUT2D eigenvalue weighted by Gasteiger charge is 2.25. The number of halogens is 2. The molecule has 0 N–H and O–H groups in total. The molecule has 3 rings (SSSR count). The molecule has 0 amide bonds. The summed E-state index contributed by atoms with van der Waals surface area (Å²) in [5, 5.41) is 0.746. The predicted octanol–water partition coefficient (Wildman–Crippen LogP) is 3.31. The van der Waals surface area contributed by atoms with Crippen LogP contribution in [0.15, 0.2) is 18.2 Å². The van der Waals surface area contributed by atoms with Crippen molar-refractivity contribution in [2.45, 2.75) is 18.3 Å². The number of benzene rings is 1. The van der Waals surface area contributed by atoms with E-state index in [0.29, 0.717) is 11.9 Å². The zero-order valence-corrected chi connectivity index (χ0v) is 11.7. The molecule has 5 heteroatoms. The van der Waals surface area contributed by atoms with Crippen molar-refractivity contribution in [3.63, 3.8) is 0 Å². The van der Waals surface area contributed by atoms with Gasteiger partial charge in [-0.3, -0.25) is 0 Å². The van der Waals surface area contributed by atoms with Gasteiger partial charge in [0.15, 0.2) is 0 Å². The van der Waals surface area contributed by atoms with Gasteiger partial charge in [0.1, 0.15) is 5.82 Å². The summed E-state index contributed by atoms with van der Waals surface area (Å²) >= 11 is 12.1. The SMILES string of the molecule is CN1CCC(n2c(CCl)nc3ccc(Cl)cc32)C1. The molecule has 1 unspecified atom stereocenters. The van der Waals surface area contributed by atoms with E-state index in [0.717, 1.165) is 41.4 Å². The molecule has 1 aromatic carbocycles. The Labute approximate surface area is 116 Å². The first-order valence-electron chi connectivity index (χ1n) is 6.10. The van der Waals surface area contributed by atoms with E-state index in [9.17, 15) is 0 Å². The maximum Gasteiger partial charge on any atom is 0.125 e. The van der Waals surface area contributed by atoms with Crippen molar-refractivity contribution in [1.29, 1.82) is 0 Å². The first-order chi connectivity index (χ1) is 8.69. The van der Waals surface area contributed by atoms with E-state index in [1.165, 1.54) is 0 Å². The Kier molecular flexibility index (Phi) is 3.22. The summed E-state index contributed by atoms with van der Waals surface area (Å²) in [7, 11) is 2.15. The fraction of sp³-hybridized carbons (Fsp3) is 0.462. The quantitative estimate of drug-likeness (QED) is 0.789. The van der Waals surface area contributed by atoms with Crippen molar-refractivity contribution < 1.29 is 0 Å². The molecule has 1 aliphatic rings. The van der Waals surface area contributed by atoms with Gasteiger partial charge in [0, 0.05) is 17.6 Å². The van der Waals surface area contributed by atoms with Gasteiger partial charge in [-0.05, 0) is 38.2 Å². The maximum atomic E-state index is 6.09. The van der Waals surface area contributed by atoms with Crippen LogP contribution in [0.2, 0.25) is 5.02 Å². The topological polar surface area (TPSA) is 21.1 Å². The highest BCUT2D eigenvalue weighted by Crippen LogP contribution is 2.29. The van der Waals surface area contributed by atoms with Crippen LogP contribution in [0.4, 0.5) is 0 Å². The Morgan fingerprint density at radius 1 is 1.44 bits per heavy atom. The van der Waals surface area contributed by atoms with Gasteiger partial charge in [-0.25, -0.2) is 4.98 Å². The van der Waals surface area contributed by atoms with Crippen molar-refractivity contribution in [3.8, 4) is 0 Å². The number of imidazole rings is 1. The summed E-state index contributed by atoms with van der Waals surface area (Å²) < 4.78 is 2.26. The number of likely N-dealkylation sites (N-methyl/N-ethyl adjacent to an activating group) is 1. The minimum Gasteiger partial charge on any atom is -0.322 e. The van der Waals surface area contributed by atoms with Gasteiger partial charge in [-0.1, -0.05) is 11.6 Å². The molecule has 0 aliphatic carbocycles. The van der Waals surface area contributed by atoms with Gasteiger partial charge in [-0.15, -0.1) is 11.6 Å². The summed E-state index contributed by atoms with van der Waals surface area (Å²) in [6.45, 7) is 2.16. The summed E-state index contributed by atoms with van der Waals surface area (Å²) in [6, 6.07) is 6.27. The van der Waals surface area contributed by atoms with Crippen molar-refractivity contribution in [2.24, 2.45) is 0 Å². The third-order valence-corrected chi connectivity index (χ3v) is 4.05. The van der Waals surface area contributed by atoms with E-state index in [1.807, 2.05) is 18.2 Å². The van der Waals surface area contributed by atoms with Gasteiger partial charge >= 0.3 is 0 Å². The van der Waals surface area contributed by atoms with Gasteiger partial charge in [-0.2, -0.15) is 0 Å². The van der Waals surface area contributed by atoms with Gasteiger partial charge in [0.05, 0.1) is 16.9 Å². The lowest BCUT2D eigenvalue weighted by molar-refractivity contribution is 0.393. The number of nitrogens with zero attached hydrogens (tertiary/aromatic N) is 3. The fourth-order valence-corrected chi connectivity index (χ4v) is 3.10. The third kappa shape index (κ3) is 2.00.